The summed E-state index contributed by atoms with van der Waals surface area (Å²) in [5.74, 6) is -1.32. The van der Waals surface area contributed by atoms with Gasteiger partial charge in [0.05, 0.1) is 17.7 Å². The summed E-state index contributed by atoms with van der Waals surface area (Å²) in [5, 5.41) is 38.9. The summed E-state index contributed by atoms with van der Waals surface area (Å²) in [6.45, 7) is 0. The van der Waals surface area contributed by atoms with Crippen LogP contribution in [0.1, 0.15) is 0 Å². The number of urea groups is 1. The van der Waals surface area contributed by atoms with Crippen LogP contribution in [0.15, 0.2) is 92.8 Å². The molecule has 4 N–H and O–H groups in total. The van der Waals surface area contributed by atoms with E-state index in [4.69, 9.17) is 16.3 Å². The Morgan fingerprint density at radius 1 is 0.787 bits per heavy atom. The van der Waals surface area contributed by atoms with Gasteiger partial charge in [0.15, 0.2) is 0 Å². The Bertz CT molecular complexity index is 2290. The second-order valence-corrected chi connectivity index (χ2v) is 12.6. The van der Waals surface area contributed by atoms with E-state index in [0.29, 0.717) is 5.02 Å². The summed E-state index contributed by atoms with van der Waals surface area (Å²) >= 11 is 5.94. The number of nitrogens with zero attached hydrogens (tertiary/aromatic N) is 2. The van der Waals surface area contributed by atoms with Crippen molar-refractivity contribution < 1.29 is 105 Å². The number of benzene rings is 5. The third-order valence-corrected chi connectivity index (χ3v) is 8.34. The zero-order chi connectivity index (χ0) is 32.7. The maximum Gasteiger partial charge on any atom is 1.00 e. The van der Waals surface area contributed by atoms with Crippen molar-refractivity contribution in [2.45, 2.75) is 9.79 Å². The molecule has 0 aromatic heterocycles. The van der Waals surface area contributed by atoms with Gasteiger partial charge in [-0.15, -0.1) is 10.2 Å². The number of amides is 2. The van der Waals surface area contributed by atoms with Crippen LogP contribution in [0.3, 0.4) is 0 Å². The van der Waals surface area contributed by atoms with Crippen LogP contribution in [-0.4, -0.2) is 39.1 Å². The molecule has 0 saturated heterocycles. The minimum absolute atomic E-state index is 0. The molecule has 0 fully saturated rings. The number of ether oxygens (including phenoxy) is 1. The molecular formula is C28H19ClN4Na2O10S2. The number of methoxy groups -OCH3 is 1. The fraction of sp³-hybridized carbons (Fsp3) is 0.0357. The van der Waals surface area contributed by atoms with Crippen LogP contribution in [0.4, 0.5) is 27.5 Å². The second-order valence-electron chi connectivity index (χ2n) is 9.39. The molecule has 14 nitrogen and oxygen atoms in total. The van der Waals surface area contributed by atoms with Crippen molar-refractivity contribution in [3.05, 3.63) is 77.8 Å². The first-order chi connectivity index (χ1) is 21.1. The Balaban J connectivity index is 0.00000300. The summed E-state index contributed by atoms with van der Waals surface area (Å²) in [6.07, 6.45) is 0. The van der Waals surface area contributed by atoms with Crippen LogP contribution >= 0.6 is 11.6 Å². The van der Waals surface area contributed by atoms with Crippen molar-refractivity contribution >= 4 is 82.2 Å². The summed E-state index contributed by atoms with van der Waals surface area (Å²) in [7, 11) is -8.26. The van der Waals surface area contributed by atoms with Gasteiger partial charge >= 0.3 is 65.1 Å². The number of carbonyl (C=O) groups excluding carboxylic acids is 1. The summed E-state index contributed by atoms with van der Waals surface area (Å²) in [5.41, 5.74) is -0.241. The molecule has 0 spiro atoms. The number of halogens is 1. The Labute approximate surface area is 316 Å². The van der Waals surface area contributed by atoms with Gasteiger partial charge in [-0.1, -0.05) is 35.2 Å². The minimum Gasteiger partial charge on any atom is -0.872 e. The Morgan fingerprint density at radius 3 is 1.96 bits per heavy atom. The number of hydrogen-bond donors (Lipinski definition) is 4. The molecule has 47 heavy (non-hydrogen) atoms. The number of nitrogens with one attached hydrogen (secondary N) is 2. The predicted octanol–water partition coefficient (Wildman–Crippen LogP) is -0.637. The van der Waals surface area contributed by atoms with E-state index in [1.807, 2.05) is 0 Å². The van der Waals surface area contributed by atoms with E-state index in [1.165, 1.54) is 61.7 Å². The molecule has 5 rings (SSSR count). The SMILES string of the molecule is COc1cc(Cl)ccc1N=Nc1c(S(=O)(=O)O)cc2cc(NC(=O)Nc3ccc4c([O-])cc(S(=O)(=O)O)cc4c3)ccc2c1[O-].[Na+].[Na+]. The van der Waals surface area contributed by atoms with Crippen LogP contribution in [0, 0.1) is 0 Å². The summed E-state index contributed by atoms with van der Waals surface area (Å²) in [4.78, 5) is 11.3. The smallest absolute Gasteiger partial charge is 0.872 e. The van der Waals surface area contributed by atoms with E-state index in [9.17, 15) is 40.9 Å². The van der Waals surface area contributed by atoms with E-state index in [0.717, 1.165) is 18.2 Å². The van der Waals surface area contributed by atoms with Crippen LogP contribution in [0.5, 0.6) is 17.2 Å². The molecule has 5 aromatic carbocycles. The number of hydrogen-bond acceptors (Lipinski definition) is 10. The van der Waals surface area contributed by atoms with E-state index in [2.05, 4.69) is 20.9 Å². The van der Waals surface area contributed by atoms with Gasteiger partial charge in [-0.05, 0) is 76.1 Å². The van der Waals surface area contributed by atoms with Crippen molar-refractivity contribution in [1.82, 2.24) is 0 Å². The largest absolute Gasteiger partial charge is 1.00 e. The molecule has 0 heterocycles. The number of fused-ring (bicyclic) bond motifs is 2. The molecular weight excluding hydrogens is 698 g/mol. The molecule has 0 unspecified atom stereocenters. The van der Waals surface area contributed by atoms with Gasteiger partial charge in [0.1, 0.15) is 16.3 Å². The fourth-order valence-corrected chi connectivity index (χ4v) is 5.72. The van der Waals surface area contributed by atoms with Crippen molar-refractivity contribution in [3.63, 3.8) is 0 Å². The molecule has 19 heteroatoms. The van der Waals surface area contributed by atoms with Crippen LogP contribution < -0.4 is 84.7 Å². The number of carbonyl (C=O) groups is 1. The number of rotatable bonds is 7. The maximum absolute atomic E-state index is 13.3. The Hall–Kier alpha value is -3.00. The van der Waals surface area contributed by atoms with E-state index < -0.39 is 53.2 Å². The number of azo groups is 1. The van der Waals surface area contributed by atoms with E-state index >= 15 is 0 Å². The van der Waals surface area contributed by atoms with Gasteiger partial charge in [0.25, 0.3) is 20.2 Å². The molecule has 0 bridgehead atoms. The van der Waals surface area contributed by atoms with E-state index in [-0.39, 0.29) is 103 Å². The molecule has 232 valence electrons. The molecule has 2 amide bonds. The zero-order valence-electron chi connectivity index (χ0n) is 24.7. The zero-order valence-corrected chi connectivity index (χ0v) is 31.1. The van der Waals surface area contributed by atoms with Gasteiger partial charge < -0.3 is 25.6 Å². The maximum atomic E-state index is 13.3. The molecule has 0 saturated carbocycles. The van der Waals surface area contributed by atoms with Crippen molar-refractivity contribution in [1.29, 1.82) is 0 Å². The second kappa shape index (κ2) is 15.0. The first-order valence-electron chi connectivity index (χ1n) is 12.4. The quantitative estimate of drug-likeness (QED) is 0.0946. The first-order valence-corrected chi connectivity index (χ1v) is 15.7. The normalized spacial score (nSPS) is 11.6. The van der Waals surface area contributed by atoms with Gasteiger partial charge in [-0.3, -0.25) is 9.11 Å². The summed E-state index contributed by atoms with van der Waals surface area (Å²) in [6, 6.07) is 14.5. The van der Waals surface area contributed by atoms with Crippen LogP contribution in [-0.2, 0) is 20.2 Å². The topological polar surface area (TPSA) is 230 Å². The molecule has 0 radical (unpaired) electrons. The Kier molecular flexibility index (Phi) is 12.3. The fourth-order valence-electron chi connectivity index (χ4n) is 4.37. The monoisotopic (exact) mass is 716 g/mol. The summed E-state index contributed by atoms with van der Waals surface area (Å²) < 4.78 is 71.7. The van der Waals surface area contributed by atoms with Gasteiger partial charge in [0.2, 0.25) is 0 Å². The van der Waals surface area contributed by atoms with Crippen molar-refractivity contribution in [2.75, 3.05) is 17.7 Å². The standard InChI is InChI=1S/C28H21ClN4O10S2.2Na/c1-43-24-12-16(29)2-7-22(24)32-33-26-25(45(40,41)42)11-15-9-18(4-6-21(15)27(26)35)31-28(36)30-17-3-5-20-14(8-17)10-19(13-23(20)34)44(37,38)39;;/h2-13,34-35H,1H3,(H2,30,31,36)(H,37,38,39)(H,40,41,42);;/q;2*+1/p-2. The van der Waals surface area contributed by atoms with Gasteiger partial charge in [0, 0.05) is 22.5 Å². The van der Waals surface area contributed by atoms with Crippen LogP contribution in [0.2, 0.25) is 5.02 Å². The average molecular weight is 717 g/mol. The molecule has 0 aliphatic heterocycles. The average Bonchev–Trinajstić information content (AvgIpc) is 2.95. The first kappa shape index (κ1) is 38.4. The predicted molar refractivity (Wildman–Crippen MR) is 161 cm³/mol. The molecule has 0 aliphatic rings. The van der Waals surface area contributed by atoms with Crippen molar-refractivity contribution in [2.24, 2.45) is 10.2 Å². The third-order valence-electron chi connectivity index (χ3n) is 6.41. The Morgan fingerprint density at radius 2 is 1.38 bits per heavy atom. The molecule has 5 aromatic rings. The van der Waals surface area contributed by atoms with Crippen LogP contribution in [0.25, 0.3) is 21.5 Å². The van der Waals surface area contributed by atoms with E-state index in [1.54, 1.807) is 0 Å². The van der Waals surface area contributed by atoms with Crippen molar-refractivity contribution in [3.8, 4) is 17.2 Å². The van der Waals surface area contributed by atoms with Gasteiger partial charge in [-0.25, -0.2) is 4.79 Å². The molecule has 0 aliphatic carbocycles. The number of anilines is 2. The molecule has 0 atom stereocenters. The van der Waals surface area contributed by atoms with Gasteiger partial charge in [-0.2, -0.15) is 16.8 Å². The third kappa shape index (κ3) is 8.73. The minimum atomic E-state index is -4.97.